The molecule has 94 valence electrons. The molecule has 0 radical (unpaired) electrons. The number of nitrogens with zero attached hydrogens (tertiary/aromatic N) is 1. The Labute approximate surface area is 97.7 Å². The Balaban J connectivity index is 2.11. The van der Waals surface area contributed by atoms with Crippen LogP contribution in [0, 0.1) is 0 Å². The molecule has 0 unspecified atom stereocenters. The summed E-state index contributed by atoms with van der Waals surface area (Å²) in [7, 11) is 0. The molecule has 0 aromatic heterocycles. The lowest BCUT2D eigenvalue weighted by atomic mass is 10.1. The summed E-state index contributed by atoms with van der Waals surface area (Å²) in [6.45, 7) is 3.50. The van der Waals surface area contributed by atoms with Crippen molar-refractivity contribution < 1.29 is 24.5 Å². The molecule has 2 rings (SSSR count). The minimum Gasteiger partial charge on any atom is -0.394 e. The summed E-state index contributed by atoms with van der Waals surface area (Å²) in [5.41, 5.74) is 0.313. The van der Waals surface area contributed by atoms with Crippen LogP contribution in [0.1, 0.15) is 6.42 Å². The first-order chi connectivity index (χ1) is 8.04. The van der Waals surface area contributed by atoms with Gasteiger partial charge in [-0.25, -0.2) is 4.79 Å². The van der Waals surface area contributed by atoms with Gasteiger partial charge in [0.1, 0.15) is 12.2 Å². The zero-order valence-corrected chi connectivity index (χ0v) is 9.13. The van der Waals surface area contributed by atoms with Crippen LogP contribution in [0.15, 0.2) is 12.2 Å². The average molecular weight is 242 g/mol. The highest BCUT2D eigenvalue weighted by molar-refractivity contribution is 5.96. The molecule has 0 aliphatic carbocycles. The maximum Gasteiger partial charge on any atom is 0.326 e. The van der Waals surface area contributed by atoms with Crippen LogP contribution in [0.3, 0.4) is 0 Å². The third-order valence-corrected chi connectivity index (χ3v) is 2.90. The molecular formula is C10H14N2O5. The van der Waals surface area contributed by atoms with Crippen LogP contribution in [-0.2, 0) is 9.53 Å². The molecule has 0 bridgehead atoms. The van der Waals surface area contributed by atoms with Gasteiger partial charge in [0.05, 0.1) is 6.61 Å². The van der Waals surface area contributed by atoms with Crippen LogP contribution in [-0.4, -0.2) is 58.6 Å². The highest BCUT2D eigenvalue weighted by atomic mass is 16.5. The number of hydrogen-bond donors (Lipinski definition) is 3. The number of imide groups is 1. The number of urea groups is 1. The fourth-order valence-corrected chi connectivity index (χ4v) is 1.93. The predicted molar refractivity (Wildman–Crippen MR) is 55.8 cm³/mol. The molecule has 2 aliphatic rings. The van der Waals surface area contributed by atoms with Gasteiger partial charge < -0.3 is 14.9 Å². The Kier molecular flexibility index (Phi) is 3.14. The van der Waals surface area contributed by atoms with E-state index in [0.717, 1.165) is 0 Å². The molecule has 7 heteroatoms. The zero-order chi connectivity index (χ0) is 12.6. The third kappa shape index (κ3) is 2.04. The summed E-state index contributed by atoms with van der Waals surface area (Å²) in [5.74, 6) is -0.339. The van der Waals surface area contributed by atoms with Gasteiger partial charge >= 0.3 is 6.03 Å². The topological polar surface area (TPSA) is 99.1 Å². The molecule has 3 atom stereocenters. The number of amides is 3. The van der Waals surface area contributed by atoms with E-state index in [1.165, 1.54) is 4.90 Å². The number of rotatable bonds is 2. The molecule has 0 saturated carbocycles. The molecule has 3 N–H and O–H groups in total. The van der Waals surface area contributed by atoms with Gasteiger partial charge in [-0.3, -0.25) is 15.0 Å². The quantitative estimate of drug-likeness (QED) is 0.515. The monoisotopic (exact) mass is 242 g/mol. The van der Waals surface area contributed by atoms with Gasteiger partial charge in [0.25, 0.3) is 0 Å². The van der Waals surface area contributed by atoms with Crippen LogP contribution in [0.5, 0.6) is 0 Å². The van der Waals surface area contributed by atoms with E-state index in [9.17, 15) is 14.7 Å². The minimum atomic E-state index is -1.00. The minimum absolute atomic E-state index is 0.179. The smallest absolute Gasteiger partial charge is 0.326 e. The van der Waals surface area contributed by atoms with Crippen LogP contribution >= 0.6 is 0 Å². The Morgan fingerprint density at radius 1 is 1.53 bits per heavy atom. The summed E-state index contributed by atoms with van der Waals surface area (Å²) in [6, 6.07) is -0.571. The second-order valence-corrected chi connectivity index (χ2v) is 4.03. The summed E-state index contributed by atoms with van der Waals surface area (Å²) < 4.78 is 5.33. The molecule has 17 heavy (non-hydrogen) atoms. The van der Waals surface area contributed by atoms with Gasteiger partial charge in [-0.15, -0.1) is 0 Å². The standard InChI is InChI=1S/C10H14N2O5/c1-5-8(15)6(4-13)17-9(5)12-3-2-7(14)11-10(12)16/h6,8-9,13,15H,1-4H2,(H,11,14,16)/t6-,8+,9-/m1/s1. The first-order valence-corrected chi connectivity index (χ1v) is 5.28. The van der Waals surface area contributed by atoms with E-state index in [1.807, 2.05) is 0 Å². The van der Waals surface area contributed by atoms with Crippen molar-refractivity contribution in [2.24, 2.45) is 0 Å². The molecule has 0 aromatic rings. The van der Waals surface area contributed by atoms with E-state index in [-0.39, 0.29) is 25.5 Å². The van der Waals surface area contributed by atoms with Gasteiger partial charge in [-0.05, 0) is 0 Å². The van der Waals surface area contributed by atoms with E-state index >= 15 is 0 Å². The van der Waals surface area contributed by atoms with Crippen molar-refractivity contribution in [1.82, 2.24) is 10.2 Å². The summed E-state index contributed by atoms with van der Waals surface area (Å²) in [6.07, 6.45) is -2.40. The Bertz CT molecular complexity index is 370. The molecule has 2 heterocycles. The molecule has 0 spiro atoms. The lowest BCUT2D eigenvalue weighted by Gasteiger charge is -2.31. The van der Waals surface area contributed by atoms with Crippen molar-refractivity contribution in [1.29, 1.82) is 0 Å². The van der Waals surface area contributed by atoms with Crippen molar-refractivity contribution in [3.05, 3.63) is 12.2 Å². The van der Waals surface area contributed by atoms with E-state index in [4.69, 9.17) is 9.84 Å². The van der Waals surface area contributed by atoms with E-state index in [1.54, 1.807) is 0 Å². The van der Waals surface area contributed by atoms with E-state index in [2.05, 4.69) is 11.9 Å². The third-order valence-electron chi connectivity index (χ3n) is 2.90. The van der Waals surface area contributed by atoms with Gasteiger partial charge in [0.15, 0.2) is 6.23 Å². The molecule has 7 nitrogen and oxygen atoms in total. The van der Waals surface area contributed by atoms with Gasteiger partial charge in [0, 0.05) is 18.5 Å². The number of carbonyl (C=O) groups is 2. The number of ether oxygens (including phenoxy) is 1. The summed E-state index contributed by atoms with van der Waals surface area (Å²) in [4.78, 5) is 23.8. The molecule has 2 fully saturated rings. The van der Waals surface area contributed by atoms with Crippen LogP contribution in [0.25, 0.3) is 0 Å². The van der Waals surface area contributed by atoms with E-state index in [0.29, 0.717) is 5.57 Å². The molecule has 2 aliphatic heterocycles. The van der Waals surface area contributed by atoms with Crippen LogP contribution < -0.4 is 5.32 Å². The molecular weight excluding hydrogens is 228 g/mol. The SMILES string of the molecule is C=C1[C@H](N2CCC(=O)NC2=O)O[C@H](CO)[C@H]1O. The lowest BCUT2D eigenvalue weighted by molar-refractivity contribution is -0.123. The van der Waals surface area contributed by atoms with Crippen LogP contribution in [0.4, 0.5) is 4.79 Å². The van der Waals surface area contributed by atoms with Crippen LogP contribution in [0.2, 0.25) is 0 Å². The number of hydrogen-bond acceptors (Lipinski definition) is 5. The largest absolute Gasteiger partial charge is 0.394 e. The number of carbonyl (C=O) groups excluding carboxylic acids is 2. The number of aliphatic hydroxyl groups excluding tert-OH is 2. The fourth-order valence-electron chi connectivity index (χ4n) is 1.93. The predicted octanol–water partition coefficient (Wildman–Crippen LogP) is -1.44. The van der Waals surface area contributed by atoms with Crippen molar-refractivity contribution >= 4 is 11.9 Å². The van der Waals surface area contributed by atoms with E-state index < -0.39 is 24.5 Å². The second kappa shape index (κ2) is 4.44. The first-order valence-electron chi connectivity index (χ1n) is 5.28. The highest BCUT2D eigenvalue weighted by Gasteiger charge is 2.43. The Morgan fingerprint density at radius 3 is 2.76 bits per heavy atom. The first kappa shape index (κ1) is 12.0. The summed E-state index contributed by atoms with van der Waals surface area (Å²) >= 11 is 0. The molecule has 2 saturated heterocycles. The number of nitrogens with one attached hydrogen (secondary N) is 1. The van der Waals surface area contributed by atoms with Crippen molar-refractivity contribution in [2.45, 2.75) is 24.9 Å². The lowest BCUT2D eigenvalue weighted by Crippen LogP contribution is -2.54. The van der Waals surface area contributed by atoms with Crippen molar-refractivity contribution in [2.75, 3.05) is 13.2 Å². The fraction of sp³-hybridized carbons (Fsp3) is 0.600. The van der Waals surface area contributed by atoms with Gasteiger partial charge in [0.2, 0.25) is 5.91 Å². The summed E-state index contributed by atoms with van der Waals surface area (Å²) in [5, 5.41) is 20.8. The molecule has 0 aromatic carbocycles. The Hall–Kier alpha value is -1.44. The normalized spacial score (nSPS) is 34.1. The van der Waals surface area contributed by atoms with Crippen molar-refractivity contribution in [3.8, 4) is 0 Å². The molecule has 3 amide bonds. The maximum atomic E-state index is 11.6. The number of aliphatic hydroxyl groups is 2. The maximum absolute atomic E-state index is 11.6. The zero-order valence-electron chi connectivity index (χ0n) is 9.13. The Morgan fingerprint density at radius 2 is 2.24 bits per heavy atom. The average Bonchev–Trinajstić information content (AvgIpc) is 2.57. The van der Waals surface area contributed by atoms with Gasteiger partial charge in [-0.1, -0.05) is 6.58 Å². The highest BCUT2D eigenvalue weighted by Crippen LogP contribution is 2.28. The van der Waals surface area contributed by atoms with Gasteiger partial charge in [-0.2, -0.15) is 0 Å². The van der Waals surface area contributed by atoms with Crippen molar-refractivity contribution in [3.63, 3.8) is 0 Å². The second-order valence-electron chi connectivity index (χ2n) is 4.03.